The van der Waals surface area contributed by atoms with Crippen LogP contribution in [0.4, 0.5) is 0 Å². The molecule has 10 aromatic rings. The van der Waals surface area contributed by atoms with Crippen molar-refractivity contribution in [2.24, 2.45) is 0 Å². The fourth-order valence-electron chi connectivity index (χ4n) is 7.67. The number of para-hydroxylation sites is 3. The molecule has 7 aromatic carbocycles. The summed E-state index contributed by atoms with van der Waals surface area (Å²) in [6.07, 6.45) is 1.90. The van der Waals surface area contributed by atoms with Crippen molar-refractivity contribution in [3.8, 4) is 45.3 Å². The normalized spacial score (nSPS) is 11.5. The standard InChI is InChI=1S/C48H32N4/c1-2-32-26-27-47-41(28-32)40-22-8-11-25-46(40)52(47)37-19-13-17-35(30-37)48-49-42(33-14-4-3-5-15-33)31-43(50-48)34-16-12-18-36(29-34)51-44-23-9-6-20-38(44)39-21-7-10-24-45(39)51/h2-31H,1H2. The maximum atomic E-state index is 5.28. The van der Waals surface area contributed by atoms with Crippen LogP contribution in [0.1, 0.15) is 5.56 Å². The maximum Gasteiger partial charge on any atom is 0.160 e. The molecule has 0 fully saturated rings. The zero-order valence-electron chi connectivity index (χ0n) is 28.3. The van der Waals surface area contributed by atoms with Crippen LogP contribution in [0.3, 0.4) is 0 Å². The number of nitrogens with zero attached hydrogens (tertiary/aromatic N) is 4. The van der Waals surface area contributed by atoms with Gasteiger partial charge in [0.05, 0.1) is 33.5 Å². The first-order chi connectivity index (χ1) is 25.7. The van der Waals surface area contributed by atoms with Crippen molar-refractivity contribution in [3.63, 3.8) is 0 Å². The van der Waals surface area contributed by atoms with Crippen molar-refractivity contribution in [2.45, 2.75) is 0 Å². The van der Waals surface area contributed by atoms with Gasteiger partial charge >= 0.3 is 0 Å². The Bertz CT molecular complexity index is 2930. The third-order valence-corrected chi connectivity index (χ3v) is 10.1. The van der Waals surface area contributed by atoms with Crippen LogP contribution in [-0.4, -0.2) is 19.1 Å². The van der Waals surface area contributed by atoms with Gasteiger partial charge < -0.3 is 9.13 Å². The molecule has 0 amide bonds. The average molecular weight is 665 g/mol. The molecule has 4 nitrogen and oxygen atoms in total. The van der Waals surface area contributed by atoms with Gasteiger partial charge in [-0.05, 0) is 66.2 Å². The fourth-order valence-corrected chi connectivity index (χ4v) is 7.67. The minimum Gasteiger partial charge on any atom is -0.309 e. The van der Waals surface area contributed by atoms with E-state index in [0.29, 0.717) is 5.82 Å². The van der Waals surface area contributed by atoms with Crippen LogP contribution in [-0.2, 0) is 0 Å². The van der Waals surface area contributed by atoms with Gasteiger partial charge in [0, 0.05) is 49.6 Å². The molecule has 0 aliphatic carbocycles. The summed E-state index contributed by atoms with van der Waals surface area (Å²) in [4.78, 5) is 10.5. The number of aromatic nitrogens is 4. The van der Waals surface area contributed by atoms with Crippen molar-refractivity contribution >= 4 is 49.7 Å². The van der Waals surface area contributed by atoms with Gasteiger partial charge in [0.15, 0.2) is 5.82 Å². The second kappa shape index (κ2) is 12.1. The Labute approximate surface area is 301 Å². The van der Waals surface area contributed by atoms with Gasteiger partial charge in [0.2, 0.25) is 0 Å². The number of hydrogen-bond acceptors (Lipinski definition) is 2. The largest absolute Gasteiger partial charge is 0.309 e. The molecule has 4 heteroatoms. The molecule has 0 saturated heterocycles. The van der Waals surface area contributed by atoms with Crippen molar-refractivity contribution in [3.05, 3.63) is 188 Å². The van der Waals surface area contributed by atoms with Crippen LogP contribution in [0.25, 0.3) is 95.0 Å². The molecule has 10 rings (SSSR count). The molecule has 3 heterocycles. The molecule has 244 valence electrons. The zero-order valence-corrected chi connectivity index (χ0v) is 28.3. The predicted molar refractivity (Wildman–Crippen MR) is 217 cm³/mol. The van der Waals surface area contributed by atoms with Gasteiger partial charge in [-0.15, -0.1) is 0 Å². The summed E-state index contributed by atoms with van der Waals surface area (Å²) in [5.74, 6) is 0.676. The molecular weight excluding hydrogens is 633 g/mol. The van der Waals surface area contributed by atoms with Crippen LogP contribution in [0, 0.1) is 0 Å². The fraction of sp³-hybridized carbons (Fsp3) is 0. The van der Waals surface area contributed by atoms with Crippen molar-refractivity contribution in [2.75, 3.05) is 0 Å². The molecule has 0 bridgehead atoms. The highest BCUT2D eigenvalue weighted by Gasteiger charge is 2.17. The van der Waals surface area contributed by atoms with E-state index in [1.807, 2.05) is 12.1 Å². The predicted octanol–water partition coefficient (Wildman–Crippen LogP) is 12.3. The Balaban J connectivity index is 1.15. The molecule has 3 aromatic heterocycles. The van der Waals surface area contributed by atoms with Crippen LogP contribution in [0.5, 0.6) is 0 Å². The molecular formula is C48H32N4. The highest BCUT2D eigenvalue weighted by molar-refractivity contribution is 6.10. The van der Waals surface area contributed by atoms with E-state index in [-0.39, 0.29) is 0 Å². The van der Waals surface area contributed by atoms with E-state index >= 15 is 0 Å². The van der Waals surface area contributed by atoms with Crippen molar-refractivity contribution < 1.29 is 0 Å². The summed E-state index contributed by atoms with van der Waals surface area (Å²) in [5, 5.41) is 4.89. The second-order valence-electron chi connectivity index (χ2n) is 13.1. The van der Waals surface area contributed by atoms with E-state index in [1.54, 1.807) is 0 Å². The number of fused-ring (bicyclic) bond motifs is 6. The Morgan fingerprint density at radius 3 is 1.48 bits per heavy atom. The van der Waals surface area contributed by atoms with Crippen molar-refractivity contribution in [1.82, 2.24) is 19.1 Å². The van der Waals surface area contributed by atoms with Crippen LogP contribution in [0.2, 0.25) is 0 Å². The number of hydrogen-bond donors (Lipinski definition) is 0. The van der Waals surface area contributed by atoms with Gasteiger partial charge in [0.1, 0.15) is 0 Å². The Morgan fingerprint density at radius 1 is 0.385 bits per heavy atom. The van der Waals surface area contributed by atoms with Gasteiger partial charge in [-0.2, -0.15) is 0 Å². The molecule has 0 N–H and O–H groups in total. The lowest BCUT2D eigenvalue weighted by Crippen LogP contribution is -1.99. The van der Waals surface area contributed by atoms with Gasteiger partial charge in [0.25, 0.3) is 0 Å². The lowest BCUT2D eigenvalue weighted by molar-refractivity contribution is 1.15. The highest BCUT2D eigenvalue weighted by atomic mass is 15.0. The molecule has 0 aliphatic rings. The summed E-state index contributed by atoms with van der Waals surface area (Å²) < 4.78 is 4.68. The first-order valence-electron chi connectivity index (χ1n) is 17.5. The highest BCUT2D eigenvalue weighted by Crippen LogP contribution is 2.36. The molecule has 0 radical (unpaired) electrons. The third-order valence-electron chi connectivity index (χ3n) is 10.1. The molecule has 0 atom stereocenters. The first-order valence-corrected chi connectivity index (χ1v) is 17.5. The lowest BCUT2D eigenvalue weighted by atomic mass is 10.1. The molecule has 0 unspecified atom stereocenters. The molecule has 0 aliphatic heterocycles. The van der Waals surface area contributed by atoms with Crippen LogP contribution < -0.4 is 0 Å². The van der Waals surface area contributed by atoms with E-state index < -0.39 is 0 Å². The zero-order chi connectivity index (χ0) is 34.6. The smallest absolute Gasteiger partial charge is 0.160 e. The first kappa shape index (κ1) is 29.8. The van der Waals surface area contributed by atoms with Crippen LogP contribution >= 0.6 is 0 Å². The van der Waals surface area contributed by atoms with E-state index in [9.17, 15) is 0 Å². The van der Waals surface area contributed by atoms with E-state index in [2.05, 4.69) is 186 Å². The van der Waals surface area contributed by atoms with Crippen molar-refractivity contribution in [1.29, 1.82) is 0 Å². The molecule has 0 spiro atoms. The topological polar surface area (TPSA) is 35.6 Å². The quantitative estimate of drug-likeness (QED) is 0.177. The summed E-state index contributed by atoms with van der Waals surface area (Å²) in [6, 6.07) is 62.1. The third kappa shape index (κ3) is 4.84. The summed E-state index contributed by atoms with van der Waals surface area (Å²) in [7, 11) is 0. The van der Waals surface area contributed by atoms with E-state index in [4.69, 9.17) is 9.97 Å². The lowest BCUT2D eigenvalue weighted by Gasteiger charge is -2.13. The Hall–Kier alpha value is -7.04. The van der Waals surface area contributed by atoms with Gasteiger partial charge in [-0.1, -0.05) is 128 Å². The minimum atomic E-state index is 0.676. The maximum absolute atomic E-state index is 5.28. The molecule has 0 saturated carbocycles. The SMILES string of the molecule is C=Cc1ccc2c(c1)c1ccccc1n2-c1cccc(-c2nc(-c3ccccc3)cc(-c3cccc(-n4c5ccccc5c5ccccc54)c3)n2)c1. The summed E-state index contributed by atoms with van der Waals surface area (Å²) >= 11 is 0. The Kier molecular flexibility index (Phi) is 6.93. The number of benzene rings is 7. The monoisotopic (exact) mass is 664 g/mol. The minimum absolute atomic E-state index is 0.676. The average Bonchev–Trinajstić information content (AvgIpc) is 3.74. The summed E-state index contributed by atoms with van der Waals surface area (Å²) in [6.45, 7) is 4.01. The van der Waals surface area contributed by atoms with Crippen LogP contribution in [0.15, 0.2) is 183 Å². The second-order valence-corrected chi connectivity index (χ2v) is 13.1. The van der Waals surface area contributed by atoms with E-state index in [1.165, 1.54) is 32.6 Å². The Morgan fingerprint density at radius 2 is 0.865 bits per heavy atom. The van der Waals surface area contributed by atoms with Gasteiger partial charge in [-0.3, -0.25) is 0 Å². The summed E-state index contributed by atoms with van der Waals surface area (Å²) in [5.41, 5.74) is 12.7. The number of rotatable bonds is 6. The van der Waals surface area contributed by atoms with E-state index in [0.717, 1.165) is 56.0 Å². The van der Waals surface area contributed by atoms with Gasteiger partial charge in [-0.25, -0.2) is 9.97 Å². The molecule has 52 heavy (non-hydrogen) atoms.